The van der Waals surface area contributed by atoms with Gasteiger partial charge in [0.05, 0.1) is 6.10 Å². The van der Waals surface area contributed by atoms with Gasteiger partial charge in [-0.3, -0.25) is 0 Å². The summed E-state index contributed by atoms with van der Waals surface area (Å²) in [6.07, 6.45) is 1.21. The first-order valence-corrected chi connectivity index (χ1v) is 7.10. The van der Waals surface area contributed by atoms with E-state index in [2.05, 4.69) is 12.1 Å². The molecule has 1 aliphatic rings. The summed E-state index contributed by atoms with van der Waals surface area (Å²) in [4.78, 5) is 0. The molecule has 2 aromatic rings. The second-order valence-electron chi connectivity index (χ2n) is 5.05. The van der Waals surface area contributed by atoms with Crippen LogP contribution in [0.5, 0.6) is 0 Å². The molecule has 0 amide bonds. The first-order valence-electron chi connectivity index (χ1n) is 6.35. The average molecular weight is 293 g/mol. The smallest absolute Gasteiger partial charge is 0.0839 e. The van der Waals surface area contributed by atoms with Gasteiger partial charge in [0.2, 0.25) is 0 Å². The largest absolute Gasteiger partial charge is 0.388 e. The minimum absolute atomic E-state index is 0.174. The molecule has 1 aliphatic carbocycles. The van der Waals surface area contributed by atoms with Gasteiger partial charge in [-0.1, -0.05) is 47.5 Å². The number of benzene rings is 2. The summed E-state index contributed by atoms with van der Waals surface area (Å²) in [6, 6.07) is 13.6. The SMILES string of the molecule is OC(c1cc(Cl)ccc1Cl)C1Cc2ccccc2C1. The Morgan fingerprint density at radius 1 is 1.00 bits per heavy atom. The molecule has 0 aliphatic heterocycles. The summed E-state index contributed by atoms with van der Waals surface area (Å²) in [5.41, 5.74) is 3.38. The third-order valence-corrected chi connectivity index (χ3v) is 4.39. The highest BCUT2D eigenvalue weighted by molar-refractivity contribution is 6.33. The van der Waals surface area contributed by atoms with E-state index in [-0.39, 0.29) is 5.92 Å². The maximum Gasteiger partial charge on any atom is 0.0839 e. The van der Waals surface area contributed by atoms with E-state index in [1.54, 1.807) is 18.2 Å². The number of rotatable bonds is 2. The molecule has 0 radical (unpaired) electrons. The predicted molar refractivity (Wildman–Crippen MR) is 78.8 cm³/mol. The van der Waals surface area contributed by atoms with Crippen molar-refractivity contribution < 1.29 is 5.11 Å². The van der Waals surface area contributed by atoms with Crippen molar-refractivity contribution in [2.24, 2.45) is 5.92 Å². The fourth-order valence-electron chi connectivity index (χ4n) is 2.81. The third-order valence-electron chi connectivity index (χ3n) is 3.81. The Labute approximate surface area is 122 Å². The maximum absolute atomic E-state index is 10.6. The zero-order valence-electron chi connectivity index (χ0n) is 10.3. The summed E-state index contributed by atoms with van der Waals surface area (Å²) in [6.45, 7) is 0. The summed E-state index contributed by atoms with van der Waals surface area (Å²) in [5.74, 6) is 0.174. The quantitative estimate of drug-likeness (QED) is 0.867. The van der Waals surface area contributed by atoms with Crippen molar-refractivity contribution in [3.05, 3.63) is 69.2 Å². The van der Waals surface area contributed by atoms with E-state index in [0.717, 1.165) is 18.4 Å². The highest BCUT2D eigenvalue weighted by Gasteiger charge is 2.29. The molecule has 2 aromatic carbocycles. The number of hydrogen-bond donors (Lipinski definition) is 1. The highest BCUT2D eigenvalue weighted by atomic mass is 35.5. The molecule has 0 heterocycles. The highest BCUT2D eigenvalue weighted by Crippen LogP contribution is 2.38. The molecule has 0 saturated carbocycles. The average Bonchev–Trinajstić information content (AvgIpc) is 2.84. The molecule has 0 bridgehead atoms. The number of aliphatic hydroxyl groups is 1. The molecule has 1 atom stereocenters. The van der Waals surface area contributed by atoms with Crippen LogP contribution >= 0.6 is 23.2 Å². The van der Waals surface area contributed by atoms with Gasteiger partial charge in [-0.05, 0) is 48.1 Å². The lowest BCUT2D eigenvalue weighted by atomic mass is 9.93. The molecule has 0 saturated heterocycles. The minimum Gasteiger partial charge on any atom is -0.388 e. The predicted octanol–water partition coefficient (Wildman–Crippen LogP) is 4.44. The van der Waals surface area contributed by atoms with Gasteiger partial charge < -0.3 is 5.11 Å². The number of halogens is 2. The van der Waals surface area contributed by atoms with Crippen LogP contribution in [0.25, 0.3) is 0 Å². The Kier molecular flexibility index (Phi) is 3.53. The molecule has 0 spiro atoms. The van der Waals surface area contributed by atoms with Crippen molar-refractivity contribution in [1.82, 2.24) is 0 Å². The molecule has 1 nitrogen and oxygen atoms in total. The number of fused-ring (bicyclic) bond motifs is 1. The number of aliphatic hydroxyl groups excluding tert-OH is 1. The van der Waals surface area contributed by atoms with Gasteiger partial charge in [0.25, 0.3) is 0 Å². The summed E-state index contributed by atoms with van der Waals surface area (Å²) in [5, 5.41) is 11.7. The van der Waals surface area contributed by atoms with Crippen LogP contribution < -0.4 is 0 Å². The van der Waals surface area contributed by atoms with E-state index in [1.165, 1.54) is 11.1 Å². The number of hydrogen-bond acceptors (Lipinski definition) is 1. The molecule has 98 valence electrons. The van der Waals surface area contributed by atoms with Gasteiger partial charge in [0.1, 0.15) is 0 Å². The topological polar surface area (TPSA) is 20.2 Å². The summed E-state index contributed by atoms with van der Waals surface area (Å²) >= 11 is 12.1. The Balaban J connectivity index is 1.87. The third kappa shape index (κ3) is 2.51. The van der Waals surface area contributed by atoms with Crippen LogP contribution in [0, 0.1) is 5.92 Å². The molecule has 0 fully saturated rings. The summed E-state index contributed by atoms with van der Waals surface area (Å²) in [7, 11) is 0. The molecule has 3 heteroatoms. The zero-order valence-corrected chi connectivity index (χ0v) is 11.8. The van der Waals surface area contributed by atoms with Gasteiger partial charge in [-0.2, -0.15) is 0 Å². The Morgan fingerprint density at radius 2 is 1.63 bits per heavy atom. The molecular weight excluding hydrogens is 279 g/mol. The van der Waals surface area contributed by atoms with Crippen molar-refractivity contribution in [2.45, 2.75) is 18.9 Å². The van der Waals surface area contributed by atoms with E-state index in [1.807, 2.05) is 12.1 Å². The first kappa shape index (κ1) is 13.0. The van der Waals surface area contributed by atoms with Crippen molar-refractivity contribution in [3.8, 4) is 0 Å². The molecule has 19 heavy (non-hydrogen) atoms. The van der Waals surface area contributed by atoms with Crippen molar-refractivity contribution in [2.75, 3.05) is 0 Å². The monoisotopic (exact) mass is 292 g/mol. The first-order chi connectivity index (χ1) is 9.15. The van der Waals surface area contributed by atoms with E-state index < -0.39 is 6.10 Å². The van der Waals surface area contributed by atoms with Crippen LogP contribution in [0.2, 0.25) is 10.0 Å². The maximum atomic E-state index is 10.6. The van der Waals surface area contributed by atoms with E-state index in [9.17, 15) is 5.11 Å². The fourth-order valence-corrected chi connectivity index (χ4v) is 3.22. The van der Waals surface area contributed by atoms with E-state index in [4.69, 9.17) is 23.2 Å². The van der Waals surface area contributed by atoms with Gasteiger partial charge in [0, 0.05) is 15.6 Å². The van der Waals surface area contributed by atoms with Crippen LogP contribution in [-0.2, 0) is 12.8 Å². The van der Waals surface area contributed by atoms with E-state index >= 15 is 0 Å². The van der Waals surface area contributed by atoms with Gasteiger partial charge in [-0.25, -0.2) is 0 Å². The van der Waals surface area contributed by atoms with Gasteiger partial charge in [0.15, 0.2) is 0 Å². The molecule has 1 unspecified atom stereocenters. The Morgan fingerprint density at radius 3 is 2.26 bits per heavy atom. The van der Waals surface area contributed by atoms with Crippen molar-refractivity contribution in [3.63, 3.8) is 0 Å². The van der Waals surface area contributed by atoms with E-state index in [0.29, 0.717) is 10.0 Å². The standard InChI is InChI=1S/C16H14Cl2O/c17-13-5-6-15(18)14(9-13)16(19)12-7-10-3-1-2-4-11(10)8-12/h1-6,9,12,16,19H,7-8H2. The van der Waals surface area contributed by atoms with Gasteiger partial charge >= 0.3 is 0 Å². The lowest BCUT2D eigenvalue weighted by Gasteiger charge is -2.19. The minimum atomic E-state index is -0.571. The van der Waals surface area contributed by atoms with Crippen molar-refractivity contribution in [1.29, 1.82) is 0 Å². The van der Waals surface area contributed by atoms with Crippen LogP contribution in [0.3, 0.4) is 0 Å². The summed E-state index contributed by atoms with van der Waals surface area (Å²) < 4.78 is 0. The van der Waals surface area contributed by atoms with Crippen molar-refractivity contribution >= 4 is 23.2 Å². The van der Waals surface area contributed by atoms with Crippen LogP contribution in [0.4, 0.5) is 0 Å². The lowest BCUT2D eigenvalue weighted by molar-refractivity contribution is 0.113. The molecule has 1 N–H and O–H groups in total. The normalized spacial score (nSPS) is 16.4. The van der Waals surface area contributed by atoms with Crippen LogP contribution in [0.1, 0.15) is 22.8 Å². The zero-order chi connectivity index (χ0) is 13.4. The Bertz CT molecular complexity index is 584. The fraction of sp³-hybridized carbons (Fsp3) is 0.250. The lowest BCUT2D eigenvalue weighted by Crippen LogP contribution is -2.13. The molecular formula is C16H14Cl2O. The van der Waals surface area contributed by atoms with Gasteiger partial charge in [-0.15, -0.1) is 0 Å². The second kappa shape index (κ2) is 5.16. The molecule has 0 aromatic heterocycles. The Hall–Kier alpha value is -1.02. The molecule has 3 rings (SSSR count). The second-order valence-corrected chi connectivity index (χ2v) is 5.89. The van der Waals surface area contributed by atoms with Crippen LogP contribution in [0.15, 0.2) is 42.5 Å². The van der Waals surface area contributed by atoms with Crippen LogP contribution in [-0.4, -0.2) is 5.11 Å².